The van der Waals surface area contributed by atoms with Gasteiger partial charge in [0.1, 0.15) is 5.60 Å². The second-order valence-corrected chi connectivity index (χ2v) is 8.18. The molecule has 2 unspecified atom stereocenters. The van der Waals surface area contributed by atoms with E-state index < -0.39 is 5.60 Å². The molecule has 2 rings (SSSR count). The van der Waals surface area contributed by atoms with Gasteiger partial charge in [-0.05, 0) is 58.6 Å². The molecule has 1 aromatic heterocycles. The van der Waals surface area contributed by atoms with Crippen LogP contribution in [0.15, 0.2) is 6.07 Å². The van der Waals surface area contributed by atoms with Gasteiger partial charge in [0, 0.05) is 29.3 Å². The molecule has 4 nitrogen and oxygen atoms in total. The molecule has 5 heteroatoms. The van der Waals surface area contributed by atoms with Gasteiger partial charge in [0.15, 0.2) is 0 Å². The third kappa shape index (κ3) is 4.71. The molecule has 1 heterocycles. The maximum Gasteiger partial charge on any atom is 0.407 e. The van der Waals surface area contributed by atoms with Crippen molar-refractivity contribution in [3.8, 4) is 0 Å². The number of hydrogen-bond acceptors (Lipinski definition) is 4. The van der Waals surface area contributed by atoms with Crippen molar-refractivity contribution >= 4 is 17.4 Å². The summed E-state index contributed by atoms with van der Waals surface area (Å²) in [6.45, 7) is 7.62. The molecule has 0 bridgehead atoms. The van der Waals surface area contributed by atoms with Gasteiger partial charge in [-0.25, -0.2) is 4.79 Å². The van der Waals surface area contributed by atoms with Gasteiger partial charge >= 0.3 is 6.09 Å². The van der Waals surface area contributed by atoms with Gasteiger partial charge in [0.05, 0.1) is 6.10 Å². The van der Waals surface area contributed by atoms with Crippen LogP contribution in [0.4, 0.5) is 4.79 Å². The summed E-state index contributed by atoms with van der Waals surface area (Å²) >= 11 is 1.85. The summed E-state index contributed by atoms with van der Waals surface area (Å²) in [7, 11) is 1.78. The van der Waals surface area contributed by atoms with E-state index in [1.165, 1.54) is 21.7 Å². The second-order valence-electron chi connectivity index (χ2n) is 6.96. The van der Waals surface area contributed by atoms with E-state index in [1.54, 1.807) is 7.11 Å². The van der Waals surface area contributed by atoms with Crippen LogP contribution in [0.5, 0.6) is 0 Å². The first-order valence-electron chi connectivity index (χ1n) is 7.92. The van der Waals surface area contributed by atoms with Gasteiger partial charge < -0.3 is 14.8 Å². The number of rotatable bonds is 4. The maximum atomic E-state index is 11.8. The molecule has 0 radical (unpaired) electrons. The van der Waals surface area contributed by atoms with E-state index in [0.717, 1.165) is 19.3 Å². The molecule has 0 aromatic carbocycles. The van der Waals surface area contributed by atoms with Crippen LogP contribution in [-0.2, 0) is 22.3 Å². The predicted molar refractivity (Wildman–Crippen MR) is 89.5 cm³/mol. The number of amides is 1. The largest absolute Gasteiger partial charge is 0.444 e. The standard InChI is InChI=1S/C17H27NO3S/c1-11(18-16(19)21-17(2,3)4)9-12-10-13-14(20-5)7-6-8-15(13)22-12/h10-11,14H,6-9H2,1-5H3,(H,18,19). The van der Waals surface area contributed by atoms with E-state index in [2.05, 4.69) is 11.4 Å². The molecule has 0 fully saturated rings. The van der Waals surface area contributed by atoms with Crippen molar-refractivity contribution in [1.82, 2.24) is 5.32 Å². The van der Waals surface area contributed by atoms with Gasteiger partial charge in [0.25, 0.3) is 0 Å². The Morgan fingerprint density at radius 3 is 2.86 bits per heavy atom. The number of carbonyl (C=O) groups is 1. The molecule has 1 aromatic rings. The van der Waals surface area contributed by atoms with Gasteiger partial charge in [-0.1, -0.05) is 0 Å². The average molecular weight is 325 g/mol. The van der Waals surface area contributed by atoms with E-state index in [-0.39, 0.29) is 18.2 Å². The SMILES string of the molecule is COC1CCCc2sc(CC(C)NC(=O)OC(C)(C)C)cc21. The Kier molecular flexibility index (Phi) is 5.50. The molecule has 2 atom stereocenters. The topological polar surface area (TPSA) is 47.6 Å². The summed E-state index contributed by atoms with van der Waals surface area (Å²) < 4.78 is 10.9. The lowest BCUT2D eigenvalue weighted by Gasteiger charge is -2.21. The normalized spacial score (nSPS) is 19.4. The lowest BCUT2D eigenvalue weighted by Crippen LogP contribution is -2.38. The molecule has 1 aliphatic rings. The molecule has 22 heavy (non-hydrogen) atoms. The highest BCUT2D eigenvalue weighted by Crippen LogP contribution is 2.37. The first-order chi connectivity index (χ1) is 10.3. The molecule has 1 N–H and O–H groups in total. The van der Waals surface area contributed by atoms with E-state index in [9.17, 15) is 4.79 Å². The monoisotopic (exact) mass is 325 g/mol. The molecule has 0 saturated heterocycles. The summed E-state index contributed by atoms with van der Waals surface area (Å²) in [6, 6.07) is 2.30. The lowest BCUT2D eigenvalue weighted by atomic mass is 9.95. The van der Waals surface area contributed by atoms with Gasteiger partial charge in [0.2, 0.25) is 0 Å². The minimum absolute atomic E-state index is 0.0518. The maximum absolute atomic E-state index is 11.8. The Hall–Kier alpha value is -1.07. The van der Waals surface area contributed by atoms with Crippen molar-refractivity contribution in [3.63, 3.8) is 0 Å². The van der Waals surface area contributed by atoms with E-state index >= 15 is 0 Å². The van der Waals surface area contributed by atoms with Gasteiger partial charge in [-0.3, -0.25) is 0 Å². The number of aryl methyl sites for hydroxylation is 1. The first-order valence-corrected chi connectivity index (χ1v) is 8.74. The molecule has 0 spiro atoms. The highest BCUT2D eigenvalue weighted by Gasteiger charge is 2.23. The van der Waals surface area contributed by atoms with Gasteiger partial charge in [-0.15, -0.1) is 11.3 Å². The van der Waals surface area contributed by atoms with Crippen LogP contribution in [0.3, 0.4) is 0 Å². The molecule has 0 saturated carbocycles. The summed E-state index contributed by atoms with van der Waals surface area (Å²) in [5.74, 6) is 0. The fourth-order valence-electron chi connectivity index (χ4n) is 2.78. The van der Waals surface area contributed by atoms with Crippen LogP contribution in [0.2, 0.25) is 0 Å². The summed E-state index contributed by atoms with van der Waals surface area (Å²) in [5, 5.41) is 2.90. The highest BCUT2D eigenvalue weighted by atomic mass is 32.1. The third-order valence-corrected chi connectivity index (χ3v) is 4.90. The molecule has 1 aliphatic carbocycles. The summed E-state index contributed by atoms with van der Waals surface area (Å²) in [4.78, 5) is 14.5. The van der Waals surface area contributed by atoms with Crippen molar-refractivity contribution < 1.29 is 14.3 Å². The Morgan fingerprint density at radius 2 is 2.23 bits per heavy atom. The Labute approximate surface area is 137 Å². The van der Waals surface area contributed by atoms with Crippen molar-refractivity contribution in [3.05, 3.63) is 21.4 Å². The van der Waals surface area contributed by atoms with E-state index in [0.29, 0.717) is 0 Å². The minimum Gasteiger partial charge on any atom is -0.444 e. The lowest BCUT2D eigenvalue weighted by molar-refractivity contribution is 0.0508. The number of nitrogens with one attached hydrogen (secondary N) is 1. The van der Waals surface area contributed by atoms with Crippen LogP contribution in [0, 0.1) is 0 Å². The molecular formula is C17H27NO3S. The highest BCUT2D eigenvalue weighted by molar-refractivity contribution is 7.12. The predicted octanol–water partition coefficient (Wildman–Crippen LogP) is 4.23. The smallest absolute Gasteiger partial charge is 0.407 e. The van der Waals surface area contributed by atoms with Crippen molar-refractivity contribution in [2.45, 2.75) is 71.1 Å². The van der Waals surface area contributed by atoms with Crippen LogP contribution >= 0.6 is 11.3 Å². The van der Waals surface area contributed by atoms with E-state index in [1.807, 2.05) is 39.0 Å². The van der Waals surface area contributed by atoms with Gasteiger partial charge in [-0.2, -0.15) is 0 Å². The number of thiophene rings is 1. The summed E-state index contributed by atoms with van der Waals surface area (Å²) in [5.41, 5.74) is 0.885. The quantitative estimate of drug-likeness (QED) is 0.901. The Balaban J connectivity index is 1.94. The fourth-order valence-corrected chi connectivity index (χ4v) is 4.17. The number of ether oxygens (including phenoxy) is 2. The average Bonchev–Trinajstić information content (AvgIpc) is 2.77. The second kappa shape index (κ2) is 7.01. The van der Waals surface area contributed by atoms with Crippen molar-refractivity contribution in [2.75, 3.05) is 7.11 Å². The number of hydrogen-bond donors (Lipinski definition) is 1. The Morgan fingerprint density at radius 1 is 1.50 bits per heavy atom. The van der Waals surface area contributed by atoms with Crippen LogP contribution in [0.1, 0.15) is 62.0 Å². The van der Waals surface area contributed by atoms with Crippen LogP contribution < -0.4 is 5.32 Å². The number of alkyl carbamates (subject to hydrolysis) is 1. The zero-order valence-corrected chi connectivity index (χ0v) is 15.0. The Bertz CT molecular complexity index is 518. The molecular weight excluding hydrogens is 298 g/mol. The zero-order chi connectivity index (χ0) is 16.3. The van der Waals surface area contributed by atoms with Crippen LogP contribution in [0.25, 0.3) is 0 Å². The minimum atomic E-state index is -0.461. The van der Waals surface area contributed by atoms with Crippen molar-refractivity contribution in [1.29, 1.82) is 0 Å². The molecule has 0 aliphatic heterocycles. The number of fused-ring (bicyclic) bond motifs is 1. The number of carbonyl (C=O) groups excluding carboxylic acids is 1. The molecule has 1 amide bonds. The van der Waals surface area contributed by atoms with Crippen molar-refractivity contribution in [2.24, 2.45) is 0 Å². The fraction of sp³-hybridized carbons (Fsp3) is 0.706. The van der Waals surface area contributed by atoms with E-state index in [4.69, 9.17) is 9.47 Å². The molecule has 124 valence electrons. The third-order valence-electron chi connectivity index (χ3n) is 3.66. The zero-order valence-electron chi connectivity index (χ0n) is 14.2. The van der Waals surface area contributed by atoms with Crippen LogP contribution in [-0.4, -0.2) is 24.8 Å². The first kappa shape index (κ1) is 17.3. The summed E-state index contributed by atoms with van der Waals surface area (Å²) in [6.07, 6.45) is 4.16. The number of methoxy groups -OCH3 is 1.